The summed E-state index contributed by atoms with van der Waals surface area (Å²) < 4.78 is 57.1. The zero-order chi connectivity index (χ0) is 17.4. The summed E-state index contributed by atoms with van der Waals surface area (Å²) in [5.74, 6) is 0. The van der Waals surface area contributed by atoms with Crippen LogP contribution in [0.15, 0.2) is 0 Å². The van der Waals surface area contributed by atoms with Crippen molar-refractivity contribution in [1.29, 1.82) is 0 Å². The molecule has 0 bridgehead atoms. The Hall–Kier alpha value is 0.854. The van der Waals surface area contributed by atoms with E-state index in [2.05, 4.69) is 5.32 Å². The normalized spacial score (nSPS) is 33.3. The molecule has 1 aliphatic rings. The Kier molecular flexibility index (Phi) is 16.7. The predicted octanol–water partition coefficient (Wildman–Crippen LogP) is -4.03. The van der Waals surface area contributed by atoms with Crippen molar-refractivity contribution in [3.8, 4) is 0 Å². The van der Waals surface area contributed by atoms with Gasteiger partial charge in [0.25, 0.3) is 0 Å². The molecule has 1 heterocycles. The molecule has 0 aromatic heterocycles. The zero-order valence-corrected chi connectivity index (χ0v) is 17.6. The molecule has 0 radical (unpaired) electrons. The van der Waals surface area contributed by atoms with Crippen molar-refractivity contribution in [2.45, 2.75) is 50.9 Å². The summed E-state index contributed by atoms with van der Waals surface area (Å²) in [7, 11) is 3.18. The monoisotopic (exact) mass is 445 g/mol. The average molecular weight is 446 g/mol. The van der Waals surface area contributed by atoms with Gasteiger partial charge < -0.3 is 24.8 Å². The van der Waals surface area contributed by atoms with Crippen LogP contribution < -0.4 is 30.1 Å². The second kappa shape index (κ2) is 14.9. The van der Waals surface area contributed by atoms with E-state index in [1.54, 1.807) is 34.8 Å². The Morgan fingerprint density at radius 1 is 0.760 bits per heavy atom. The van der Waals surface area contributed by atoms with Gasteiger partial charge in [0.05, 0.1) is 0 Å². The second-order valence-corrected chi connectivity index (χ2v) is 6.93. The molecule has 0 amide bonds. The fraction of sp³-hybridized carbons (Fsp3) is 1.00. The van der Waals surface area contributed by atoms with Crippen molar-refractivity contribution in [1.82, 2.24) is 18.5 Å². The Bertz CT molecular complexity index is 339. The van der Waals surface area contributed by atoms with Gasteiger partial charge in [-0.2, -0.15) is 0 Å². The molecular formula is C14H27Cl2F4N4Ti. The minimum Gasteiger partial charge on any atom is -1.00 e. The topological polar surface area (TPSA) is 21.8 Å². The number of nitrogens with zero attached hydrogens (tertiary/aromatic N) is 3. The molecule has 1 fully saturated rings. The molecule has 11 heteroatoms. The number of nitrogens with one attached hydrogen (secondary N) is 1. The number of hydrogen-bond donors (Lipinski definition) is 1. The number of hydrogen-bond acceptors (Lipinski definition) is 4. The SMILES string of the molecule is CN1CCC(F)NCCC(F)[N]([Ti+2])CCC(F)N(C)CCC1F.[Cl-].[Cl-]. The third-order valence-electron chi connectivity index (χ3n) is 4.11. The van der Waals surface area contributed by atoms with Gasteiger partial charge in [0.1, 0.15) is 0 Å². The maximum Gasteiger partial charge on any atom is -1.00 e. The first-order valence-electron chi connectivity index (χ1n) is 7.99. The molecular weight excluding hydrogens is 419 g/mol. The van der Waals surface area contributed by atoms with Crippen LogP contribution in [0, 0.1) is 0 Å². The molecule has 1 rings (SSSR count). The minimum absolute atomic E-state index is 0. The van der Waals surface area contributed by atoms with Gasteiger partial charge in [-0.15, -0.1) is 0 Å². The molecule has 0 aliphatic carbocycles. The van der Waals surface area contributed by atoms with Crippen molar-refractivity contribution >= 4 is 0 Å². The predicted molar refractivity (Wildman–Crippen MR) is 78.0 cm³/mol. The molecule has 0 spiro atoms. The third kappa shape index (κ3) is 11.3. The minimum atomic E-state index is -1.28. The largest absolute Gasteiger partial charge is 1.00 e. The smallest absolute Gasteiger partial charge is 1.00 e. The van der Waals surface area contributed by atoms with E-state index in [0.717, 1.165) is 0 Å². The molecule has 4 unspecified atom stereocenters. The van der Waals surface area contributed by atoms with Crippen LogP contribution >= 0.6 is 0 Å². The molecule has 149 valence electrons. The van der Waals surface area contributed by atoms with Crippen LogP contribution in [-0.4, -0.2) is 78.6 Å². The first-order valence-corrected chi connectivity index (χ1v) is 8.69. The Labute approximate surface area is 172 Å². The molecule has 1 saturated heterocycles. The standard InChI is InChI=1S/C14H27F4N4.2ClH.Ti/c1-21-9-5-12(16)19-7-3-11(15)20-8-4-13(17)22(2)10-6-14(21)18;;;/h11-14,19H,3-10H2,1-2H3;2*1H;/q-1;;;+3/p-2. The van der Waals surface area contributed by atoms with Crippen LogP contribution in [0.2, 0.25) is 0 Å². The Morgan fingerprint density at radius 2 is 1.24 bits per heavy atom. The van der Waals surface area contributed by atoms with E-state index in [1.807, 2.05) is 0 Å². The van der Waals surface area contributed by atoms with E-state index in [0.29, 0.717) is 0 Å². The molecule has 1 N–H and O–H groups in total. The first kappa shape index (κ1) is 28.1. The fourth-order valence-electron chi connectivity index (χ4n) is 2.35. The van der Waals surface area contributed by atoms with Crippen molar-refractivity contribution in [3.05, 3.63) is 0 Å². The number of alkyl halides is 4. The van der Waals surface area contributed by atoms with Gasteiger partial charge in [-0.25, -0.2) is 0 Å². The molecule has 4 nitrogen and oxygen atoms in total. The van der Waals surface area contributed by atoms with Crippen molar-refractivity contribution < 1.29 is 63.1 Å². The number of rotatable bonds is 0. The average Bonchev–Trinajstić information content (AvgIpc) is 2.53. The van der Waals surface area contributed by atoms with Gasteiger partial charge in [-0.1, -0.05) is 0 Å². The van der Waals surface area contributed by atoms with Gasteiger partial charge in [0.15, 0.2) is 0 Å². The van der Waals surface area contributed by atoms with Crippen LogP contribution in [0.25, 0.3) is 0 Å². The van der Waals surface area contributed by atoms with Crippen LogP contribution in [0.3, 0.4) is 0 Å². The second-order valence-electron chi connectivity index (χ2n) is 6.03. The van der Waals surface area contributed by atoms with Gasteiger partial charge in [0, 0.05) is 0 Å². The molecule has 4 atom stereocenters. The van der Waals surface area contributed by atoms with Crippen LogP contribution in [-0.2, 0) is 20.7 Å². The van der Waals surface area contributed by atoms with Gasteiger partial charge in [0.2, 0.25) is 0 Å². The summed E-state index contributed by atoms with van der Waals surface area (Å²) >= 11 is 1.58. The van der Waals surface area contributed by atoms with Gasteiger partial charge in [-0.3, -0.25) is 0 Å². The van der Waals surface area contributed by atoms with Crippen molar-refractivity contribution in [2.24, 2.45) is 0 Å². The Balaban J connectivity index is 0. The molecule has 0 saturated carbocycles. The van der Waals surface area contributed by atoms with Crippen molar-refractivity contribution in [3.63, 3.8) is 0 Å². The summed E-state index contributed by atoms with van der Waals surface area (Å²) in [6, 6.07) is 0. The summed E-state index contributed by atoms with van der Waals surface area (Å²) in [4.78, 5) is 2.86. The van der Waals surface area contributed by atoms with E-state index in [9.17, 15) is 17.6 Å². The van der Waals surface area contributed by atoms with Gasteiger partial charge >= 0.3 is 148 Å². The third-order valence-corrected chi connectivity index (χ3v) is 4.89. The van der Waals surface area contributed by atoms with Crippen molar-refractivity contribution in [2.75, 3.05) is 40.3 Å². The number of halogens is 6. The molecule has 1 aliphatic heterocycles. The van der Waals surface area contributed by atoms with E-state index in [-0.39, 0.29) is 76.7 Å². The summed E-state index contributed by atoms with van der Waals surface area (Å²) in [6.45, 7) is 0.947. The summed E-state index contributed by atoms with van der Waals surface area (Å²) in [5.41, 5.74) is 0. The Morgan fingerprint density at radius 3 is 1.80 bits per heavy atom. The van der Waals surface area contributed by atoms with Crippen LogP contribution in [0.4, 0.5) is 17.6 Å². The molecule has 0 aromatic rings. The van der Waals surface area contributed by atoms with E-state index in [4.69, 9.17) is 0 Å². The van der Waals surface area contributed by atoms with E-state index in [1.165, 1.54) is 13.2 Å². The maximum atomic E-state index is 14.0. The zero-order valence-electron chi connectivity index (χ0n) is 14.6. The quantitative estimate of drug-likeness (QED) is 0.233. The summed E-state index contributed by atoms with van der Waals surface area (Å²) in [5, 5.41) is 2.60. The first-order chi connectivity index (χ1) is 10.8. The fourth-order valence-corrected chi connectivity index (χ4v) is 2.75. The van der Waals surface area contributed by atoms with Gasteiger partial charge in [-0.05, 0) is 0 Å². The van der Waals surface area contributed by atoms with E-state index >= 15 is 0 Å². The van der Waals surface area contributed by atoms with Crippen LogP contribution in [0.5, 0.6) is 0 Å². The molecule has 0 aromatic carbocycles. The maximum absolute atomic E-state index is 14.0. The summed E-state index contributed by atoms with van der Waals surface area (Å²) in [6.07, 6.45) is -4.42. The molecule has 25 heavy (non-hydrogen) atoms. The van der Waals surface area contributed by atoms with E-state index < -0.39 is 25.2 Å². The van der Waals surface area contributed by atoms with Crippen LogP contribution in [0.1, 0.15) is 25.7 Å².